The molecule has 2 heteroatoms. The zero-order valence-electron chi connectivity index (χ0n) is 5.90. The van der Waals surface area contributed by atoms with Gasteiger partial charge in [0.15, 0.2) is 0 Å². The maximum Gasteiger partial charge on any atom is -0.00205 e. The molecule has 0 unspecified atom stereocenters. The van der Waals surface area contributed by atoms with Crippen LogP contribution in [0.5, 0.6) is 0 Å². The lowest BCUT2D eigenvalue weighted by Crippen LogP contribution is -2.20. The van der Waals surface area contributed by atoms with Gasteiger partial charge in [0, 0.05) is 0 Å². The summed E-state index contributed by atoms with van der Waals surface area (Å²) in [4.78, 5) is 0. The van der Waals surface area contributed by atoms with Gasteiger partial charge in [0.25, 0.3) is 0 Å². The number of rotatable bonds is 5. The molecule has 0 atom stereocenters. The second-order valence-electron chi connectivity index (χ2n) is 2.79. The minimum absolute atomic E-state index is 0.817. The van der Waals surface area contributed by atoms with E-state index >= 15 is 0 Å². The third-order valence-electron chi connectivity index (χ3n) is 1.69. The molecule has 0 bridgehead atoms. The Labute approximate surface area is 56.8 Å². The summed E-state index contributed by atoms with van der Waals surface area (Å²) < 4.78 is 0. The van der Waals surface area contributed by atoms with Crippen molar-refractivity contribution >= 4 is 0 Å². The average molecular weight is 128 g/mol. The number of nitrogens with two attached hydrogens (primary N) is 1. The van der Waals surface area contributed by atoms with Crippen LogP contribution < -0.4 is 11.1 Å². The highest BCUT2D eigenvalue weighted by Gasteiger charge is 2.19. The number of hydrogen-bond donors (Lipinski definition) is 2. The van der Waals surface area contributed by atoms with Gasteiger partial charge in [-0.25, -0.2) is 0 Å². The minimum atomic E-state index is 0.817. The van der Waals surface area contributed by atoms with Crippen molar-refractivity contribution < 1.29 is 0 Å². The van der Waals surface area contributed by atoms with Crippen molar-refractivity contribution in [1.82, 2.24) is 5.32 Å². The van der Waals surface area contributed by atoms with E-state index in [1.165, 1.54) is 19.4 Å². The molecular weight excluding hydrogens is 112 g/mol. The van der Waals surface area contributed by atoms with Crippen LogP contribution in [0.15, 0.2) is 0 Å². The molecule has 0 spiro atoms. The first-order valence-corrected chi connectivity index (χ1v) is 3.84. The molecule has 0 aromatic carbocycles. The third-order valence-corrected chi connectivity index (χ3v) is 1.69. The van der Waals surface area contributed by atoms with Gasteiger partial charge in [-0.3, -0.25) is 0 Å². The standard InChI is InChI=1S/C7H16N2/c8-4-1-5-9-6-7-2-3-7/h7,9H,1-6,8H2. The lowest BCUT2D eigenvalue weighted by atomic mass is 10.4. The molecule has 1 fully saturated rings. The molecule has 0 heterocycles. The topological polar surface area (TPSA) is 38.0 Å². The summed E-state index contributed by atoms with van der Waals surface area (Å²) in [5, 5.41) is 3.37. The largest absolute Gasteiger partial charge is 0.330 e. The summed E-state index contributed by atoms with van der Waals surface area (Å²) in [6.45, 7) is 3.14. The van der Waals surface area contributed by atoms with Crippen molar-refractivity contribution in [3.05, 3.63) is 0 Å². The molecule has 1 saturated carbocycles. The highest BCUT2D eigenvalue weighted by Crippen LogP contribution is 2.27. The molecule has 9 heavy (non-hydrogen) atoms. The van der Waals surface area contributed by atoms with Crippen LogP contribution in [0.4, 0.5) is 0 Å². The van der Waals surface area contributed by atoms with Crippen LogP contribution in [0.25, 0.3) is 0 Å². The van der Waals surface area contributed by atoms with E-state index in [-0.39, 0.29) is 0 Å². The molecule has 1 aliphatic rings. The fourth-order valence-corrected chi connectivity index (χ4v) is 0.855. The molecular formula is C7H16N2. The Balaban J connectivity index is 1.71. The summed E-state index contributed by atoms with van der Waals surface area (Å²) in [6.07, 6.45) is 4.00. The van der Waals surface area contributed by atoms with Gasteiger partial charge in [-0.15, -0.1) is 0 Å². The molecule has 0 aromatic rings. The maximum absolute atomic E-state index is 5.32. The van der Waals surface area contributed by atoms with Crippen LogP contribution in [-0.2, 0) is 0 Å². The summed E-state index contributed by atoms with van der Waals surface area (Å²) >= 11 is 0. The maximum atomic E-state index is 5.32. The van der Waals surface area contributed by atoms with Crippen molar-refractivity contribution in [3.63, 3.8) is 0 Å². The minimum Gasteiger partial charge on any atom is -0.330 e. The lowest BCUT2D eigenvalue weighted by Gasteiger charge is -1.99. The molecule has 2 nitrogen and oxygen atoms in total. The van der Waals surface area contributed by atoms with Crippen molar-refractivity contribution in [2.45, 2.75) is 19.3 Å². The van der Waals surface area contributed by atoms with Gasteiger partial charge in [0.1, 0.15) is 0 Å². The molecule has 0 saturated heterocycles. The zero-order valence-corrected chi connectivity index (χ0v) is 5.90. The van der Waals surface area contributed by atoms with E-state index in [4.69, 9.17) is 5.73 Å². The fraction of sp³-hybridized carbons (Fsp3) is 1.00. The third kappa shape index (κ3) is 3.49. The van der Waals surface area contributed by atoms with Crippen molar-refractivity contribution in [1.29, 1.82) is 0 Å². The summed E-state index contributed by atoms with van der Waals surface area (Å²) in [5.74, 6) is 1.00. The van der Waals surface area contributed by atoms with Gasteiger partial charge < -0.3 is 11.1 Å². The predicted molar refractivity (Wildman–Crippen MR) is 39.3 cm³/mol. The van der Waals surface area contributed by atoms with E-state index in [0.717, 1.165) is 25.4 Å². The van der Waals surface area contributed by atoms with Crippen LogP contribution in [0.2, 0.25) is 0 Å². The highest BCUT2D eigenvalue weighted by atomic mass is 14.9. The Morgan fingerprint density at radius 1 is 1.44 bits per heavy atom. The van der Waals surface area contributed by atoms with Gasteiger partial charge in [0.2, 0.25) is 0 Å². The van der Waals surface area contributed by atoms with Gasteiger partial charge in [0.05, 0.1) is 0 Å². The average Bonchev–Trinajstić information content (AvgIpc) is 2.63. The molecule has 3 N–H and O–H groups in total. The van der Waals surface area contributed by atoms with Crippen molar-refractivity contribution in [3.8, 4) is 0 Å². The highest BCUT2D eigenvalue weighted by molar-refractivity contribution is 4.74. The molecule has 1 rings (SSSR count). The Hall–Kier alpha value is -0.0800. The molecule has 0 amide bonds. The van der Waals surface area contributed by atoms with E-state index in [2.05, 4.69) is 5.32 Å². The number of hydrogen-bond acceptors (Lipinski definition) is 2. The molecule has 0 aromatic heterocycles. The van der Waals surface area contributed by atoms with Crippen LogP contribution in [-0.4, -0.2) is 19.6 Å². The van der Waals surface area contributed by atoms with E-state index in [0.29, 0.717) is 0 Å². The van der Waals surface area contributed by atoms with Crippen LogP contribution in [0.1, 0.15) is 19.3 Å². The van der Waals surface area contributed by atoms with E-state index in [1.807, 2.05) is 0 Å². The van der Waals surface area contributed by atoms with Crippen LogP contribution in [0.3, 0.4) is 0 Å². The van der Waals surface area contributed by atoms with E-state index in [1.54, 1.807) is 0 Å². The lowest BCUT2D eigenvalue weighted by molar-refractivity contribution is 0.617. The van der Waals surface area contributed by atoms with Gasteiger partial charge in [-0.1, -0.05) is 0 Å². The first-order valence-electron chi connectivity index (χ1n) is 3.84. The smallest absolute Gasteiger partial charge is 0.00205 e. The molecule has 1 aliphatic carbocycles. The fourth-order valence-electron chi connectivity index (χ4n) is 0.855. The Kier molecular flexibility index (Phi) is 3.01. The Morgan fingerprint density at radius 3 is 2.78 bits per heavy atom. The zero-order chi connectivity index (χ0) is 6.53. The molecule has 54 valence electrons. The van der Waals surface area contributed by atoms with Crippen LogP contribution in [0, 0.1) is 5.92 Å². The second kappa shape index (κ2) is 3.85. The van der Waals surface area contributed by atoms with Crippen molar-refractivity contribution in [2.24, 2.45) is 11.7 Å². The Morgan fingerprint density at radius 2 is 2.22 bits per heavy atom. The number of nitrogens with one attached hydrogen (secondary N) is 1. The van der Waals surface area contributed by atoms with E-state index in [9.17, 15) is 0 Å². The second-order valence-corrected chi connectivity index (χ2v) is 2.79. The summed E-state index contributed by atoms with van der Waals surface area (Å²) in [6, 6.07) is 0. The van der Waals surface area contributed by atoms with Crippen molar-refractivity contribution in [2.75, 3.05) is 19.6 Å². The molecule has 0 radical (unpaired) electrons. The van der Waals surface area contributed by atoms with E-state index < -0.39 is 0 Å². The van der Waals surface area contributed by atoms with Gasteiger partial charge in [-0.05, 0) is 44.8 Å². The van der Waals surface area contributed by atoms with Gasteiger partial charge >= 0.3 is 0 Å². The van der Waals surface area contributed by atoms with Gasteiger partial charge in [-0.2, -0.15) is 0 Å². The SMILES string of the molecule is NCCCNCC1CC1. The Bertz CT molecular complexity index is 69.3. The monoisotopic (exact) mass is 128 g/mol. The predicted octanol–water partition coefficient (Wildman–Crippen LogP) is 0.335. The first kappa shape index (κ1) is 7.03. The van der Waals surface area contributed by atoms with Crippen LogP contribution >= 0.6 is 0 Å². The molecule has 0 aliphatic heterocycles. The first-order chi connectivity index (χ1) is 4.43. The quantitative estimate of drug-likeness (QED) is 0.524. The summed E-state index contributed by atoms with van der Waals surface area (Å²) in [5.41, 5.74) is 5.32. The normalized spacial score (nSPS) is 18.3. The summed E-state index contributed by atoms with van der Waals surface area (Å²) in [7, 11) is 0.